The highest BCUT2D eigenvalue weighted by molar-refractivity contribution is 7.90. The molecule has 2 aromatic rings. The Labute approximate surface area is 117 Å². The average molecular weight is 299 g/mol. The van der Waals surface area contributed by atoms with Crippen molar-refractivity contribution < 1.29 is 17.5 Å². The number of nitrogens with zero attached hydrogens (tertiary/aromatic N) is 3. The van der Waals surface area contributed by atoms with Crippen LogP contribution in [0.4, 0.5) is 0 Å². The minimum absolute atomic E-state index is 0.0827. The van der Waals surface area contributed by atoms with Gasteiger partial charge in [-0.15, -0.1) is 0 Å². The van der Waals surface area contributed by atoms with E-state index in [0.29, 0.717) is 17.3 Å². The standard InChI is InChI=1S/C12H17N3O4S/c1-7(2)11-13-12(19-15-11)9(4)20(16,17)6-10-5-8(3)14-18-10/h5,7,9H,6H2,1-4H3/t9-/m1/s1. The van der Waals surface area contributed by atoms with Crippen LogP contribution in [-0.2, 0) is 15.6 Å². The van der Waals surface area contributed by atoms with Crippen LogP contribution in [0.3, 0.4) is 0 Å². The van der Waals surface area contributed by atoms with Crippen molar-refractivity contribution in [3.63, 3.8) is 0 Å². The molecule has 0 radical (unpaired) electrons. The number of aryl methyl sites for hydroxylation is 1. The van der Waals surface area contributed by atoms with E-state index < -0.39 is 15.1 Å². The summed E-state index contributed by atoms with van der Waals surface area (Å²) in [5, 5.41) is 6.56. The number of hydrogen-bond acceptors (Lipinski definition) is 7. The SMILES string of the molecule is Cc1cc(CS(=O)(=O)[C@H](C)c2nc(C(C)C)no2)on1. The number of sulfone groups is 1. The van der Waals surface area contributed by atoms with Crippen LogP contribution >= 0.6 is 0 Å². The van der Waals surface area contributed by atoms with Crippen molar-refractivity contribution in [2.45, 2.75) is 44.6 Å². The molecule has 0 bridgehead atoms. The fourth-order valence-corrected chi connectivity index (χ4v) is 2.79. The first-order valence-corrected chi connectivity index (χ1v) is 7.98. The van der Waals surface area contributed by atoms with Gasteiger partial charge in [0.2, 0.25) is 5.89 Å². The van der Waals surface area contributed by atoms with Gasteiger partial charge in [0.15, 0.2) is 21.4 Å². The lowest BCUT2D eigenvalue weighted by molar-refractivity contribution is 0.368. The maximum absolute atomic E-state index is 12.3. The van der Waals surface area contributed by atoms with Gasteiger partial charge >= 0.3 is 0 Å². The van der Waals surface area contributed by atoms with Gasteiger partial charge in [-0.3, -0.25) is 0 Å². The molecule has 2 heterocycles. The van der Waals surface area contributed by atoms with E-state index in [1.54, 1.807) is 13.0 Å². The quantitative estimate of drug-likeness (QED) is 0.834. The first kappa shape index (κ1) is 14.7. The molecule has 0 amide bonds. The molecule has 8 heteroatoms. The van der Waals surface area contributed by atoms with Crippen molar-refractivity contribution >= 4 is 9.84 Å². The molecule has 0 fully saturated rings. The Hall–Kier alpha value is -1.70. The molecule has 1 atom stereocenters. The Morgan fingerprint density at radius 3 is 2.40 bits per heavy atom. The van der Waals surface area contributed by atoms with Gasteiger partial charge in [0.25, 0.3) is 0 Å². The van der Waals surface area contributed by atoms with E-state index in [-0.39, 0.29) is 17.6 Å². The lowest BCUT2D eigenvalue weighted by atomic mass is 10.2. The molecule has 0 N–H and O–H groups in total. The van der Waals surface area contributed by atoms with E-state index in [1.165, 1.54) is 6.92 Å². The molecule has 2 rings (SSSR count). The number of rotatable bonds is 5. The molecule has 0 saturated carbocycles. The Balaban J connectivity index is 2.19. The minimum atomic E-state index is -3.50. The van der Waals surface area contributed by atoms with E-state index in [9.17, 15) is 8.42 Å². The van der Waals surface area contributed by atoms with Crippen LogP contribution < -0.4 is 0 Å². The van der Waals surface area contributed by atoms with Crippen molar-refractivity contribution in [1.29, 1.82) is 0 Å². The molecule has 20 heavy (non-hydrogen) atoms. The summed E-state index contributed by atoms with van der Waals surface area (Å²) in [7, 11) is -3.50. The van der Waals surface area contributed by atoms with Crippen molar-refractivity contribution in [2.75, 3.05) is 0 Å². The minimum Gasteiger partial charge on any atom is -0.360 e. The van der Waals surface area contributed by atoms with E-state index in [2.05, 4.69) is 15.3 Å². The molecule has 110 valence electrons. The fraction of sp³-hybridized carbons (Fsp3) is 0.583. The third-order valence-corrected chi connectivity index (χ3v) is 4.85. The van der Waals surface area contributed by atoms with Crippen molar-refractivity contribution in [1.82, 2.24) is 15.3 Å². The van der Waals surface area contributed by atoms with Crippen molar-refractivity contribution in [3.8, 4) is 0 Å². The summed E-state index contributed by atoms with van der Waals surface area (Å²) in [6.45, 7) is 7.07. The summed E-state index contributed by atoms with van der Waals surface area (Å²) in [6.07, 6.45) is 0. The molecule has 0 saturated heterocycles. The zero-order valence-electron chi connectivity index (χ0n) is 11.8. The van der Waals surface area contributed by atoms with E-state index >= 15 is 0 Å². The number of hydrogen-bond donors (Lipinski definition) is 0. The third-order valence-electron chi connectivity index (χ3n) is 2.88. The molecule has 0 aliphatic carbocycles. The summed E-state index contributed by atoms with van der Waals surface area (Å²) < 4.78 is 34.5. The van der Waals surface area contributed by atoms with Crippen molar-refractivity contribution in [2.24, 2.45) is 0 Å². The second-order valence-electron chi connectivity index (χ2n) is 5.03. The Morgan fingerprint density at radius 2 is 1.90 bits per heavy atom. The average Bonchev–Trinajstić information content (AvgIpc) is 2.97. The summed E-state index contributed by atoms with van der Waals surface area (Å²) in [5.74, 6) is 0.744. The smallest absolute Gasteiger partial charge is 0.244 e. The molecule has 7 nitrogen and oxygen atoms in total. The Kier molecular flexibility index (Phi) is 3.94. The summed E-state index contributed by atoms with van der Waals surface area (Å²) >= 11 is 0. The summed E-state index contributed by atoms with van der Waals surface area (Å²) in [6, 6.07) is 1.59. The molecular formula is C12H17N3O4S. The summed E-state index contributed by atoms with van der Waals surface area (Å²) in [4.78, 5) is 4.12. The van der Waals surface area contributed by atoms with E-state index in [0.717, 1.165) is 0 Å². The molecule has 0 unspecified atom stereocenters. The van der Waals surface area contributed by atoms with Crippen LogP contribution in [0.5, 0.6) is 0 Å². The maximum atomic E-state index is 12.3. The first-order chi connectivity index (χ1) is 9.29. The predicted octanol–water partition coefficient (Wildman–Crippen LogP) is 2.17. The Morgan fingerprint density at radius 1 is 1.20 bits per heavy atom. The normalized spacial score (nSPS) is 13.8. The van der Waals surface area contributed by atoms with Gasteiger partial charge in [-0.25, -0.2) is 8.42 Å². The van der Waals surface area contributed by atoms with Crippen LogP contribution in [0.2, 0.25) is 0 Å². The van der Waals surface area contributed by atoms with Gasteiger partial charge in [0, 0.05) is 12.0 Å². The van der Waals surface area contributed by atoms with Gasteiger partial charge < -0.3 is 9.05 Å². The Bertz CT molecular complexity index is 687. The molecule has 0 aliphatic heterocycles. The van der Waals surface area contributed by atoms with Crippen LogP contribution in [-0.4, -0.2) is 23.7 Å². The highest BCUT2D eigenvalue weighted by Crippen LogP contribution is 2.25. The zero-order valence-corrected chi connectivity index (χ0v) is 12.6. The van der Waals surface area contributed by atoms with Crippen LogP contribution in [0.25, 0.3) is 0 Å². The largest absolute Gasteiger partial charge is 0.360 e. The van der Waals surface area contributed by atoms with Gasteiger partial charge in [-0.1, -0.05) is 24.2 Å². The molecular weight excluding hydrogens is 282 g/mol. The highest BCUT2D eigenvalue weighted by atomic mass is 32.2. The van der Waals surface area contributed by atoms with Gasteiger partial charge in [-0.2, -0.15) is 4.98 Å². The molecule has 0 aliphatic rings. The molecule has 0 aromatic carbocycles. The maximum Gasteiger partial charge on any atom is 0.244 e. The van der Waals surface area contributed by atoms with Crippen molar-refractivity contribution in [3.05, 3.63) is 29.2 Å². The predicted molar refractivity (Wildman–Crippen MR) is 70.7 cm³/mol. The lowest BCUT2D eigenvalue weighted by Gasteiger charge is -2.06. The van der Waals surface area contributed by atoms with Gasteiger partial charge in [0.1, 0.15) is 11.0 Å². The molecule has 0 spiro atoms. The number of aromatic nitrogens is 3. The first-order valence-electron chi connectivity index (χ1n) is 6.27. The second-order valence-corrected chi connectivity index (χ2v) is 7.35. The van der Waals surface area contributed by atoms with E-state index in [1.807, 2.05) is 13.8 Å². The third kappa shape index (κ3) is 3.06. The topological polar surface area (TPSA) is 99.1 Å². The van der Waals surface area contributed by atoms with Gasteiger partial charge in [0.05, 0.1) is 5.69 Å². The monoisotopic (exact) mass is 299 g/mol. The summed E-state index contributed by atoms with van der Waals surface area (Å²) in [5.41, 5.74) is 0.641. The zero-order chi connectivity index (χ0) is 14.9. The van der Waals surface area contributed by atoms with E-state index in [4.69, 9.17) is 9.05 Å². The molecule has 2 aromatic heterocycles. The highest BCUT2D eigenvalue weighted by Gasteiger charge is 2.30. The van der Waals surface area contributed by atoms with Crippen LogP contribution in [0, 0.1) is 6.92 Å². The lowest BCUT2D eigenvalue weighted by Crippen LogP contribution is -2.13. The van der Waals surface area contributed by atoms with Gasteiger partial charge in [-0.05, 0) is 13.8 Å². The fourth-order valence-electron chi connectivity index (χ4n) is 1.61. The van der Waals surface area contributed by atoms with Crippen LogP contribution in [0.1, 0.15) is 55.1 Å². The van der Waals surface area contributed by atoms with Crippen LogP contribution in [0.15, 0.2) is 15.1 Å². The second kappa shape index (κ2) is 5.35.